The molecule has 3 aromatic carbocycles. The number of phenolic OH excluding ortho intramolecular Hbond substituents is 1. The van der Waals surface area contributed by atoms with Crippen molar-refractivity contribution in [3.8, 4) is 5.75 Å². The van der Waals surface area contributed by atoms with Gasteiger partial charge in [0.1, 0.15) is 23.9 Å². The van der Waals surface area contributed by atoms with E-state index in [1.165, 1.54) is 31.2 Å². The number of carboxylic acids is 2. The number of fused-ring (bicyclic) bond motifs is 1. The fourth-order valence-corrected chi connectivity index (χ4v) is 7.57. The van der Waals surface area contributed by atoms with Crippen molar-refractivity contribution in [2.24, 2.45) is 11.8 Å². The Labute approximate surface area is 390 Å². The van der Waals surface area contributed by atoms with Crippen molar-refractivity contribution in [2.75, 3.05) is 59.3 Å². The lowest BCUT2D eigenvalue weighted by molar-refractivity contribution is -0.139. The second-order valence-corrected chi connectivity index (χ2v) is 16.6. The number of amides is 6. The molecule has 19 heteroatoms. The van der Waals surface area contributed by atoms with Gasteiger partial charge in [0, 0.05) is 51.7 Å². The molecule has 366 valence electrons. The van der Waals surface area contributed by atoms with Gasteiger partial charge in [0.2, 0.25) is 23.6 Å². The van der Waals surface area contributed by atoms with Crippen LogP contribution in [0.2, 0.25) is 0 Å². The van der Waals surface area contributed by atoms with Crippen LogP contribution >= 0.6 is 0 Å². The molecule has 4 rings (SSSR count). The first-order valence-corrected chi connectivity index (χ1v) is 22.9. The van der Waals surface area contributed by atoms with Gasteiger partial charge < -0.3 is 61.4 Å². The summed E-state index contributed by atoms with van der Waals surface area (Å²) in [6.45, 7) is 4.74. The Morgan fingerprint density at radius 2 is 1.24 bits per heavy atom. The van der Waals surface area contributed by atoms with Crippen molar-refractivity contribution < 1.29 is 63.1 Å². The predicted octanol–water partition coefficient (Wildman–Crippen LogP) is 2.81. The lowest BCUT2D eigenvalue weighted by Crippen LogP contribution is -2.51. The number of hydrogen-bond acceptors (Lipinski definition) is 11. The molecule has 0 spiro atoms. The molecule has 19 nitrogen and oxygen atoms in total. The smallest absolute Gasteiger partial charge is 0.326 e. The van der Waals surface area contributed by atoms with Crippen LogP contribution in [0.25, 0.3) is 10.8 Å². The van der Waals surface area contributed by atoms with E-state index in [4.69, 9.17) is 14.2 Å². The van der Waals surface area contributed by atoms with Crippen LogP contribution in [0.4, 0.5) is 4.79 Å². The number of benzene rings is 3. The lowest BCUT2D eigenvalue weighted by atomic mass is 9.81. The van der Waals surface area contributed by atoms with Crippen LogP contribution < -0.4 is 31.9 Å². The van der Waals surface area contributed by atoms with E-state index < -0.39 is 42.0 Å². The van der Waals surface area contributed by atoms with Gasteiger partial charge in [-0.1, -0.05) is 54.6 Å². The van der Waals surface area contributed by atoms with Crippen LogP contribution in [0, 0.1) is 11.8 Å². The topological polar surface area (TPSA) is 280 Å². The van der Waals surface area contributed by atoms with E-state index in [0.717, 1.165) is 29.2 Å². The molecule has 1 fully saturated rings. The maximum absolute atomic E-state index is 13.7. The second kappa shape index (κ2) is 29.4. The molecule has 3 aromatic rings. The summed E-state index contributed by atoms with van der Waals surface area (Å²) in [6, 6.07) is 15.0. The molecule has 0 aromatic heterocycles. The molecule has 0 unspecified atom stereocenters. The number of nitrogens with one attached hydrogen (secondary N) is 6. The quantitative estimate of drug-likeness (QED) is 0.0436. The molecule has 9 N–H and O–H groups in total. The SMILES string of the molecule is CC(=O)NCCOCCOCCOCCC(=O)NCC1CCC(C(=O)N[C@@H](Cc2ccc3ccccc3c2)C(=O)NCCCC[C@H](NC(=O)N[C@@H](Cc2ccc(O)cc2)C(=O)O)C(=O)O)CC1. The van der Waals surface area contributed by atoms with E-state index in [-0.39, 0.29) is 74.1 Å². The van der Waals surface area contributed by atoms with Crippen molar-refractivity contribution in [1.29, 1.82) is 0 Å². The van der Waals surface area contributed by atoms with Crippen LogP contribution in [-0.2, 0) is 55.8 Å². The maximum atomic E-state index is 13.7. The zero-order valence-corrected chi connectivity index (χ0v) is 38.1. The molecule has 1 aliphatic carbocycles. The van der Waals surface area contributed by atoms with Gasteiger partial charge in [0.25, 0.3) is 0 Å². The fraction of sp³-hybridized carbons (Fsp3) is 0.521. The minimum atomic E-state index is -1.35. The molecule has 0 aliphatic heterocycles. The Morgan fingerprint density at radius 3 is 1.91 bits per heavy atom. The van der Waals surface area contributed by atoms with E-state index in [0.29, 0.717) is 77.4 Å². The minimum Gasteiger partial charge on any atom is -0.508 e. The predicted molar refractivity (Wildman–Crippen MR) is 247 cm³/mol. The van der Waals surface area contributed by atoms with Crippen molar-refractivity contribution in [3.05, 3.63) is 77.9 Å². The summed E-state index contributed by atoms with van der Waals surface area (Å²) in [6.07, 6.45) is 3.69. The van der Waals surface area contributed by atoms with Crippen molar-refractivity contribution >= 4 is 52.4 Å². The number of aromatic hydroxyl groups is 1. The van der Waals surface area contributed by atoms with Crippen LogP contribution in [0.15, 0.2) is 66.7 Å². The summed E-state index contributed by atoms with van der Waals surface area (Å²) in [5, 5.41) is 47.0. The first-order chi connectivity index (χ1) is 32.3. The highest BCUT2D eigenvalue weighted by Gasteiger charge is 2.30. The number of phenols is 1. The standard InChI is InChI=1S/C48H66N6O13/c1-32(55)49-21-23-66-25-27-67-26-24-65-22-19-43(57)51-31-34-9-15-37(16-10-34)44(58)52-41(30-35-11-14-36-6-2-3-7-38(36)28-35)45(59)50-20-5-4-8-40(46(60)61)53-48(64)54-42(47(62)63)29-33-12-17-39(56)18-13-33/h2-3,6-7,11-14,17-18,28,34,37,40-42,56H,4-5,8-10,15-16,19-27,29-31H2,1H3,(H,49,55)(H,50,59)(H,51,57)(H,52,58)(H,60,61)(H,62,63)(H2,53,54,64)/t34?,37?,40-,41-,42-/m0/s1. The Bertz CT molecular complexity index is 2060. The maximum Gasteiger partial charge on any atom is 0.326 e. The highest BCUT2D eigenvalue weighted by Crippen LogP contribution is 2.29. The number of unbranched alkanes of at least 4 members (excludes halogenated alkanes) is 1. The number of carbonyl (C=O) groups excluding carboxylic acids is 5. The average molecular weight is 935 g/mol. The lowest BCUT2D eigenvalue weighted by Gasteiger charge is -2.29. The van der Waals surface area contributed by atoms with Crippen molar-refractivity contribution in [1.82, 2.24) is 31.9 Å². The third-order valence-corrected chi connectivity index (χ3v) is 11.3. The highest BCUT2D eigenvalue weighted by molar-refractivity contribution is 5.89. The van der Waals surface area contributed by atoms with Crippen LogP contribution in [0.1, 0.15) is 69.4 Å². The molecular weight excluding hydrogens is 869 g/mol. The van der Waals surface area contributed by atoms with Crippen LogP contribution in [0.3, 0.4) is 0 Å². The van der Waals surface area contributed by atoms with E-state index in [2.05, 4.69) is 31.9 Å². The monoisotopic (exact) mass is 934 g/mol. The molecule has 1 saturated carbocycles. The number of aliphatic carboxylic acids is 2. The Morgan fingerprint density at radius 1 is 0.627 bits per heavy atom. The number of carboxylic acid groups (broad SMARTS) is 2. The Balaban J connectivity index is 1.18. The van der Waals surface area contributed by atoms with Gasteiger partial charge >= 0.3 is 18.0 Å². The third-order valence-electron chi connectivity index (χ3n) is 11.3. The van der Waals surface area contributed by atoms with E-state index in [9.17, 15) is 48.9 Å². The molecule has 0 saturated heterocycles. The van der Waals surface area contributed by atoms with E-state index in [1.807, 2.05) is 42.5 Å². The fourth-order valence-electron chi connectivity index (χ4n) is 7.57. The summed E-state index contributed by atoms with van der Waals surface area (Å²) >= 11 is 0. The Kier molecular flexibility index (Phi) is 23.4. The molecule has 67 heavy (non-hydrogen) atoms. The number of rotatable bonds is 30. The zero-order valence-electron chi connectivity index (χ0n) is 38.1. The molecule has 0 radical (unpaired) electrons. The number of carbonyl (C=O) groups is 7. The summed E-state index contributed by atoms with van der Waals surface area (Å²) in [5.41, 5.74) is 1.40. The number of urea groups is 1. The summed E-state index contributed by atoms with van der Waals surface area (Å²) in [5.74, 6) is -3.56. The van der Waals surface area contributed by atoms with Crippen LogP contribution in [-0.4, -0.2) is 134 Å². The van der Waals surface area contributed by atoms with Gasteiger partial charge in [0.15, 0.2) is 0 Å². The highest BCUT2D eigenvalue weighted by atomic mass is 16.5. The van der Waals surface area contributed by atoms with Gasteiger partial charge in [-0.3, -0.25) is 19.2 Å². The number of hydrogen-bond donors (Lipinski definition) is 9. The summed E-state index contributed by atoms with van der Waals surface area (Å²) in [7, 11) is 0. The Hall–Kier alpha value is -6.31. The van der Waals surface area contributed by atoms with Gasteiger partial charge in [-0.05, 0) is 84.9 Å². The first kappa shape index (κ1) is 53.3. The van der Waals surface area contributed by atoms with Crippen LogP contribution in [0.5, 0.6) is 5.75 Å². The van der Waals surface area contributed by atoms with Gasteiger partial charge in [-0.25, -0.2) is 14.4 Å². The third kappa shape index (κ3) is 20.8. The summed E-state index contributed by atoms with van der Waals surface area (Å²) < 4.78 is 16.3. The second-order valence-electron chi connectivity index (χ2n) is 16.6. The summed E-state index contributed by atoms with van der Waals surface area (Å²) in [4.78, 5) is 87.1. The molecule has 1 aliphatic rings. The largest absolute Gasteiger partial charge is 0.508 e. The molecular formula is C48H66N6O13. The van der Waals surface area contributed by atoms with Crippen molar-refractivity contribution in [2.45, 2.75) is 89.3 Å². The van der Waals surface area contributed by atoms with Crippen molar-refractivity contribution in [3.63, 3.8) is 0 Å². The number of ether oxygens (including phenoxy) is 3. The molecule has 0 heterocycles. The van der Waals surface area contributed by atoms with E-state index >= 15 is 0 Å². The average Bonchev–Trinajstić information content (AvgIpc) is 3.30. The zero-order chi connectivity index (χ0) is 48.4. The van der Waals surface area contributed by atoms with Gasteiger partial charge in [-0.2, -0.15) is 0 Å². The normalized spacial score (nSPS) is 15.9. The van der Waals surface area contributed by atoms with Gasteiger partial charge in [-0.15, -0.1) is 0 Å². The minimum absolute atomic E-state index is 0.000123. The molecule has 6 amide bonds. The van der Waals surface area contributed by atoms with Gasteiger partial charge in [0.05, 0.1) is 39.6 Å². The molecule has 0 bridgehead atoms. The first-order valence-electron chi connectivity index (χ1n) is 22.9. The molecule has 3 atom stereocenters. The van der Waals surface area contributed by atoms with E-state index in [1.54, 1.807) is 0 Å².